The monoisotopic (exact) mass is 392 g/mol. The van der Waals surface area contributed by atoms with Crippen molar-refractivity contribution >= 4 is 17.9 Å². The van der Waals surface area contributed by atoms with Crippen molar-refractivity contribution < 1.29 is 33.7 Å². The Balaban J connectivity index is 2.47. The van der Waals surface area contributed by atoms with E-state index in [0.717, 1.165) is 0 Å². The molecule has 0 aromatic heterocycles. The number of hydrogen-bond acceptors (Lipinski definition) is 7. The highest BCUT2D eigenvalue weighted by atomic mass is 16.6. The van der Waals surface area contributed by atoms with E-state index in [4.69, 9.17) is 14.2 Å². The molecule has 0 unspecified atom stereocenters. The van der Waals surface area contributed by atoms with Crippen molar-refractivity contribution in [2.24, 2.45) is 11.8 Å². The lowest BCUT2D eigenvalue weighted by Gasteiger charge is -2.28. The molecule has 4 atom stereocenters. The van der Waals surface area contributed by atoms with Gasteiger partial charge in [0.15, 0.2) is 0 Å². The Hall–Kier alpha value is -2.41. The number of carbonyl (C=O) groups excluding carboxylic acids is 3. The van der Waals surface area contributed by atoms with Gasteiger partial charge in [-0.2, -0.15) is 0 Å². The second-order valence-electron chi connectivity index (χ2n) is 7.15. The third-order valence-corrected chi connectivity index (χ3v) is 5.27. The molecule has 7 nitrogen and oxygen atoms in total. The standard InChI is InChI=1S/C21H28O7/c1-5-12(2)19(23)27-17-10-15(21(25)26-4)8-6-7-14(11-22)9-16-18(17)13(3)20(24)28-16/h8-9,12,16-18,22H,3,5-7,10-11H2,1-2,4H3/b14-9+,15-8+/t12-,16-,17-,18+/m1/s1. The van der Waals surface area contributed by atoms with Gasteiger partial charge in [0.25, 0.3) is 0 Å². The number of rotatable bonds is 5. The van der Waals surface area contributed by atoms with Crippen LogP contribution < -0.4 is 0 Å². The average molecular weight is 392 g/mol. The number of fused-ring (bicyclic) bond motifs is 1. The third kappa shape index (κ3) is 4.90. The van der Waals surface area contributed by atoms with Gasteiger partial charge in [0.05, 0.1) is 25.6 Å². The predicted molar refractivity (Wildman–Crippen MR) is 101 cm³/mol. The molecule has 1 aliphatic heterocycles. The summed E-state index contributed by atoms with van der Waals surface area (Å²) in [7, 11) is 1.28. The topological polar surface area (TPSA) is 99.1 Å². The molecule has 154 valence electrons. The minimum Gasteiger partial charge on any atom is -0.466 e. The number of methoxy groups -OCH3 is 1. The highest BCUT2D eigenvalue weighted by Crippen LogP contribution is 2.36. The van der Waals surface area contributed by atoms with E-state index >= 15 is 0 Å². The first-order valence-corrected chi connectivity index (χ1v) is 9.50. The summed E-state index contributed by atoms with van der Waals surface area (Å²) in [5.41, 5.74) is 1.21. The second kappa shape index (κ2) is 9.68. The SMILES string of the molecule is C=C1C(=O)O[C@@H]2/C=C(/CO)CC/C=C(/C(=O)OC)C[C@@H](OC(=O)[C@H](C)CC)[C@@H]12. The molecule has 0 amide bonds. The van der Waals surface area contributed by atoms with Gasteiger partial charge in [-0.05, 0) is 30.9 Å². The van der Waals surface area contributed by atoms with Crippen molar-refractivity contribution in [3.8, 4) is 0 Å². The molecular weight excluding hydrogens is 364 g/mol. The zero-order valence-electron chi connectivity index (χ0n) is 16.6. The Morgan fingerprint density at radius 2 is 2.14 bits per heavy atom. The van der Waals surface area contributed by atoms with Crippen LogP contribution in [0.1, 0.15) is 39.5 Å². The van der Waals surface area contributed by atoms with Crippen LogP contribution in [-0.2, 0) is 28.6 Å². The summed E-state index contributed by atoms with van der Waals surface area (Å²) < 4.78 is 16.0. The summed E-state index contributed by atoms with van der Waals surface area (Å²) in [6, 6.07) is 0. The van der Waals surface area contributed by atoms with Crippen LogP contribution >= 0.6 is 0 Å². The van der Waals surface area contributed by atoms with E-state index in [9.17, 15) is 19.5 Å². The maximum Gasteiger partial charge on any atom is 0.334 e. The highest BCUT2D eigenvalue weighted by Gasteiger charge is 2.45. The number of esters is 3. The Labute approximate surface area is 165 Å². The maximum atomic E-state index is 12.5. The van der Waals surface area contributed by atoms with Crippen LogP contribution in [0.25, 0.3) is 0 Å². The summed E-state index contributed by atoms with van der Waals surface area (Å²) in [5, 5.41) is 9.63. The fourth-order valence-corrected chi connectivity index (χ4v) is 3.33. The Morgan fingerprint density at radius 3 is 2.75 bits per heavy atom. The van der Waals surface area contributed by atoms with E-state index in [0.29, 0.717) is 30.4 Å². The van der Waals surface area contributed by atoms with Gasteiger partial charge in [-0.25, -0.2) is 9.59 Å². The molecule has 2 aliphatic rings. The summed E-state index contributed by atoms with van der Waals surface area (Å²) >= 11 is 0. The fraction of sp³-hybridized carbons (Fsp3) is 0.571. The van der Waals surface area contributed by atoms with Crippen LogP contribution in [0.5, 0.6) is 0 Å². The molecular formula is C21H28O7. The smallest absolute Gasteiger partial charge is 0.334 e. The molecule has 0 aromatic rings. The first-order valence-electron chi connectivity index (χ1n) is 9.50. The lowest BCUT2D eigenvalue weighted by Crippen LogP contribution is -2.35. The van der Waals surface area contributed by atoms with Crippen LogP contribution in [0.2, 0.25) is 0 Å². The number of carbonyl (C=O) groups is 3. The van der Waals surface area contributed by atoms with Gasteiger partial charge in [0.1, 0.15) is 12.2 Å². The molecule has 0 saturated carbocycles. The molecule has 0 spiro atoms. The van der Waals surface area contributed by atoms with Crippen molar-refractivity contribution in [1.82, 2.24) is 0 Å². The van der Waals surface area contributed by atoms with Gasteiger partial charge in [-0.15, -0.1) is 0 Å². The van der Waals surface area contributed by atoms with Crippen LogP contribution in [-0.4, -0.2) is 48.9 Å². The first kappa shape index (κ1) is 21.9. The number of allylic oxidation sites excluding steroid dienone is 1. The average Bonchev–Trinajstić information content (AvgIpc) is 2.97. The molecule has 0 radical (unpaired) electrons. The largest absolute Gasteiger partial charge is 0.466 e. The number of hydrogen-bond donors (Lipinski definition) is 1. The van der Waals surface area contributed by atoms with Crippen LogP contribution in [0.4, 0.5) is 0 Å². The summed E-state index contributed by atoms with van der Waals surface area (Å²) in [4.78, 5) is 36.9. The molecule has 1 heterocycles. The molecule has 7 heteroatoms. The van der Waals surface area contributed by atoms with Gasteiger partial charge < -0.3 is 19.3 Å². The minimum absolute atomic E-state index is 0.0912. The van der Waals surface area contributed by atoms with Gasteiger partial charge in [0, 0.05) is 17.6 Å². The summed E-state index contributed by atoms with van der Waals surface area (Å²) in [5.74, 6) is -2.48. The van der Waals surface area contributed by atoms with Crippen molar-refractivity contribution in [3.05, 3.63) is 35.5 Å². The third-order valence-electron chi connectivity index (χ3n) is 5.27. The number of aliphatic hydroxyl groups excluding tert-OH is 1. The van der Waals surface area contributed by atoms with Gasteiger partial charge in [-0.1, -0.05) is 26.5 Å². The Kier molecular flexibility index (Phi) is 7.57. The van der Waals surface area contributed by atoms with E-state index < -0.39 is 36.0 Å². The Morgan fingerprint density at radius 1 is 1.43 bits per heavy atom. The minimum atomic E-state index is -0.815. The van der Waals surface area contributed by atoms with E-state index in [2.05, 4.69) is 6.58 Å². The highest BCUT2D eigenvalue weighted by molar-refractivity contribution is 5.92. The summed E-state index contributed by atoms with van der Waals surface area (Å²) in [6.45, 7) is 7.24. The van der Waals surface area contributed by atoms with Crippen LogP contribution in [0.15, 0.2) is 35.5 Å². The molecule has 0 bridgehead atoms. The van der Waals surface area contributed by atoms with Crippen molar-refractivity contribution in [2.45, 2.75) is 51.7 Å². The molecule has 1 N–H and O–H groups in total. The quantitative estimate of drug-likeness (QED) is 0.331. The molecule has 1 fully saturated rings. The van der Waals surface area contributed by atoms with E-state index in [1.165, 1.54) is 7.11 Å². The van der Waals surface area contributed by atoms with Gasteiger partial charge in [0.2, 0.25) is 0 Å². The van der Waals surface area contributed by atoms with E-state index in [1.54, 1.807) is 19.1 Å². The molecule has 0 aromatic carbocycles. The molecule has 1 saturated heterocycles. The van der Waals surface area contributed by atoms with E-state index in [-0.39, 0.29) is 24.5 Å². The number of aliphatic hydroxyl groups is 1. The van der Waals surface area contributed by atoms with E-state index in [1.807, 2.05) is 6.92 Å². The van der Waals surface area contributed by atoms with Crippen molar-refractivity contribution in [1.29, 1.82) is 0 Å². The Bertz CT molecular complexity index is 704. The first-order chi connectivity index (χ1) is 13.3. The van der Waals surface area contributed by atoms with Gasteiger partial charge in [-0.3, -0.25) is 4.79 Å². The fourth-order valence-electron chi connectivity index (χ4n) is 3.33. The lowest BCUT2D eigenvalue weighted by molar-refractivity contribution is -0.157. The number of ether oxygens (including phenoxy) is 3. The maximum absolute atomic E-state index is 12.5. The molecule has 2 rings (SSSR count). The second-order valence-corrected chi connectivity index (χ2v) is 7.15. The zero-order chi connectivity index (χ0) is 20.8. The molecule has 28 heavy (non-hydrogen) atoms. The van der Waals surface area contributed by atoms with Gasteiger partial charge >= 0.3 is 17.9 Å². The van der Waals surface area contributed by atoms with Crippen molar-refractivity contribution in [2.75, 3.05) is 13.7 Å². The van der Waals surface area contributed by atoms with Crippen LogP contribution in [0, 0.1) is 11.8 Å². The van der Waals surface area contributed by atoms with Crippen LogP contribution in [0.3, 0.4) is 0 Å². The predicted octanol–water partition coefficient (Wildman–Crippen LogP) is 2.24. The molecule has 1 aliphatic carbocycles. The normalized spacial score (nSPS) is 30.1. The zero-order valence-corrected chi connectivity index (χ0v) is 16.6. The lowest BCUT2D eigenvalue weighted by atomic mass is 9.85. The van der Waals surface area contributed by atoms with Crippen molar-refractivity contribution in [3.63, 3.8) is 0 Å². The summed E-state index contributed by atoms with van der Waals surface area (Å²) in [6.07, 6.45) is 3.58.